The van der Waals surface area contributed by atoms with Crippen LogP contribution >= 0.6 is 0 Å². The van der Waals surface area contributed by atoms with E-state index in [-0.39, 0.29) is 35.8 Å². The van der Waals surface area contributed by atoms with Gasteiger partial charge in [0.25, 0.3) is 5.91 Å². The average molecular weight is 407 g/mol. The Kier molecular flexibility index (Phi) is 6.90. The van der Waals surface area contributed by atoms with E-state index in [0.29, 0.717) is 17.8 Å². The van der Waals surface area contributed by atoms with Crippen molar-refractivity contribution in [1.82, 2.24) is 10.6 Å². The Balaban J connectivity index is 1.56. The van der Waals surface area contributed by atoms with Crippen LogP contribution in [-0.4, -0.2) is 36.5 Å². The number of rotatable bonds is 9. The molecule has 0 heterocycles. The van der Waals surface area contributed by atoms with Crippen LogP contribution in [0.3, 0.4) is 0 Å². The molecule has 6 heteroatoms. The van der Waals surface area contributed by atoms with E-state index in [2.05, 4.69) is 10.6 Å². The van der Waals surface area contributed by atoms with E-state index in [1.807, 2.05) is 27.7 Å². The lowest BCUT2D eigenvalue weighted by Gasteiger charge is -2.55. The molecule has 4 rings (SSSR count). The van der Waals surface area contributed by atoms with E-state index < -0.39 is 12.0 Å². The molecule has 0 aromatic carbocycles. The molecule has 2 N–H and O–H groups in total. The van der Waals surface area contributed by atoms with Gasteiger partial charge in [-0.3, -0.25) is 9.59 Å². The van der Waals surface area contributed by atoms with Crippen LogP contribution in [0.25, 0.3) is 0 Å². The van der Waals surface area contributed by atoms with Crippen molar-refractivity contribution >= 4 is 17.8 Å². The molecule has 1 atom stereocenters. The Hall–Kier alpha value is -1.59. The minimum absolute atomic E-state index is 0.0220. The van der Waals surface area contributed by atoms with Gasteiger partial charge in [0.1, 0.15) is 6.04 Å². The van der Waals surface area contributed by atoms with E-state index in [4.69, 9.17) is 4.74 Å². The van der Waals surface area contributed by atoms with Crippen molar-refractivity contribution in [2.24, 2.45) is 29.1 Å². The summed E-state index contributed by atoms with van der Waals surface area (Å²) >= 11 is 0. The number of carbonyl (C=O) groups excluding carboxylic acids is 3. The first-order valence-electron chi connectivity index (χ1n) is 11.5. The van der Waals surface area contributed by atoms with Crippen molar-refractivity contribution in [3.8, 4) is 0 Å². The van der Waals surface area contributed by atoms with Crippen molar-refractivity contribution in [2.45, 2.75) is 91.1 Å². The number of hydrogen-bond acceptors (Lipinski definition) is 4. The highest BCUT2D eigenvalue weighted by Crippen LogP contribution is 2.60. The smallest absolute Gasteiger partial charge is 0.329 e. The van der Waals surface area contributed by atoms with Gasteiger partial charge in [-0.05, 0) is 75.0 Å². The van der Waals surface area contributed by atoms with Gasteiger partial charge in [-0.25, -0.2) is 4.79 Å². The normalized spacial score (nSPS) is 31.0. The lowest BCUT2D eigenvalue weighted by atomic mass is 9.49. The summed E-state index contributed by atoms with van der Waals surface area (Å²) in [5.74, 6) is 1.14. The quantitative estimate of drug-likeness (QED) is 0.576. The zero-order chi connectivity index (χ0) is 21.2. The summed E-state index contributed by atoms with van der Waals surface area (Å²) in [5.41, 5.74) is -0.297. The third-order valence-electron chi connectivity index (χ3n) is 7.42. The largest absolute Gasteiger partial charge is 0.454 e. The Morgan fingerprint density at radius 3 is 1.90 bits per heavy atom. The molecule has 4 aliphatic rings. The molecule has 2 amide bonds. The summed E-state index contributed by atoms with van der Waals surface area (Å²) in [6.07, 6.45) is 8.38. The molecule has 0 radical (unpaired) electrons. The number of ether oxygens (including phenoxy) is 1. The molecule has 4 saturated carbocycles. The number of amides is 2. The second kappa shape index (κ2) is 9.05. The van der Waals surface area contributed by atoms with Gasteiger partial charge in [0.05, 0.1) is 0 Å². The number of hydrogen-bond donors (Lipinski definition) is 2. The Morgan fingerprint density at radius 1 is 0.931 bits per heavy atom. The predicted octanol–water partition coefficient (Wildman–Crippen LogP) is 3.19. The maximum Gasteiger partial charge on any atom is 0.329 e. The molecule has 0 spiro atoms. The molecule has 4 fully saturated rings. The van der Waals surface area contributed by atoms with Gasteiger partial charge in [0, 0.05) is 11.5 Å². The number of carbonyl (C=O) groups is 3. The first-order chi connectivity index (χ1) is 13.8. The monoisotopic (exact) mass is 406 g/mol. The second-order valence-electron chi connectivity index (χ2n) is 10.1. The third kappa shape index (κ3) is 4.95. The minimum Gasteiger partial charge on any atom is -0.454 e. The van der Waals surface area contributed by atoms with E-state index in [1.54, 1.807) is 0 Å². The Labute approximate surface area is 174 Å². The highest BCUT2D eigenvalue weighted by atomic mass is 16.5. The molecule has 0 aliphatic heterocycles. The molecule has 164 valence electrons. The molecule has 4 bridgehead atoms. The molecule has 6 nitrogen and oxygen atoms in total. The van der Waals surface area contributed by atoms with Crippen LogP contribution in [0.15, 0.2) is 0 Å². The number of esters is 1. The Morgan fingerprint density at radius 2 is 1.45 bits per heavy atom. The van der Waals surface area contributed by atoms with Gasteiger partial charge < -0.3 is 15.4 Å². The maximum absolute atomic E-state index is 13.3. The van der Waals surface area contributed by atoms with Crippen molar-refractivity contribution in [3.05, 3.63) is 0 Å². The molecular weight excluding hydrogens is 368 g/mol. The molecule has 4 aliphatic carbocycles. The fourth-order valence-electron chi connectivity index (χ4n) is 6.17. The first-order valence-corrected chi connectivity index (χ1v) is 11.5. The molecular formula is C23H38N2O4. The van der Waals surface area contributed by atoms with Crippen LogP contribution in [0, 0.1) is 29.1 Å². The van der Waals surface area contributed by atoms with Crippen LogP contribution < -0.4 is 10.6 Å². The fourth-order valence-corrected chi connectivity index (χ4v) is 6.17. The van der Waals surface area contributed by atoms with Gasteiger partial charge in [-0.2, -0.15) is 0 Å². The van der Waals surface area contributed by atoms with Gasteiger partial charge in [0.2, 0.25) is 5.91 Å². The van der Waals surface area contributed by atoms with Gasteiger partial charge in [0.15, 0.2) is 6.61 Å². The SMILES string of the molecule is CCC(CC)NC(=O)COC(=O)[C@@H](NC(=O)C12CC3CC(CC(C3)C1)C2)C(C)C. The minimum atomic E-state index is -0.712. The van der Waals surface area contributed by atoms with E-state index in [0.717, 1.165) is 32.1 Å². The summed E-state index contributed by atoms with van der Waals surface area (Å²) in [6.45, 7) is 7.52. The van der Waals surface area contributed by atoms with Gasteiger partial charge in [-0.1, -0.05) is 27.7 Å². The predicted molar refractivity (Wildman–Crippen MR) is 111 cm³/mol. The topological polar surface area (TPSA) is 84.5 Å². The summed E-state index contributed by atoms with van der Waals surface area (Å²) in [7, 11) is 0. The van der Waals surface area contributed by atoms with E-state index in [9.17, 15) is 14.4 Å². The fraction of sp³-hybridized carbons (Fsp3) is 0.870. The lowest BCUT2D eigenvalue weighted by Crippen LogP contribution is -2.57. The highest BCUT2D eigenvalue weighted by molar-refractivity contribution is 5.89. The summed E-state index contributed by atoms with van der Waals surface area (Å²) < 4.78 is 5.27. The lowest BCUT2D eigenvalue weighted by molar-refractivity contribution is -0.157. The summed E-state index contributed by atoms with van der Waals surface area (Å²) in [4.78, 5) is 38.0. The van der Waals surface area contributed by atoms with E-state index >= 15 is 0 Å². The van der Waals surface area contributed by atoms with Gasteiger partial charge >= 0.3 is 5.97 Å². The molecule has 29 heavy (non-hydrogen) atoms. The van der Waals surface area contributed by atoms with Crippen molar-refractivity contribution in [2.75, 3.05) is 6.61 Å². The van der Waals surface area contributed by atoms with Crippen LogP contribution in [0.1, 0.15) is 79.1 Å². The summed E-state index contributed by atoms with van der Waals surface area (Å²) in [6, 6.07) is -0.616. The number of nitrogens with one attached hydrogen (secondary N) is 2. The zero-order valence-electron chi connectivity index (χ0n) is 18.5. The van der Waals surface area contributed by atoms with Crippen molar-refractivity contribution in [3.63, 3.8) is 0 Å². The first kappa shape index (κ1) is 22.1. The molecule has 0 aromatic heterocycles. The van der Waals surface area contributed by atoms with E-state index in [1.165, 1.54) is 19.3 Å². The Bertz CT molecular complexity index is 591. The van der Waals surface area contributed by atoms with Crippen LogP contribution in [0.4, 0.5) is 0 Å². The maximum atomic E-state index is 13.3. The zero-order valence-corrected chi connectivity index (χ0v) is 18.5. The second-order valence-corrected chi connectivity index (χ2v) is 10.1. The van der Waals surface area contributed by atoms with Crippen molar-refractivity contribution in [1.29, 1.82) is 0 Å². The molecule has 0 saturated heterocycles. The van der Waals surface area contributed by atoms with Crippen molar-refractivity contribution < 1.29 is 19.1 Å². The van der Waals surface area contributed by atoms with Crippen LogP contribution in [0.2, 0.25) is 0 Å². The highest BCUT2D eigenvalue weighted by Gasteiger charge is 2.55. The molecule has 0 unspecified atom stereocenters. The van der Waals surface area contributed by atoms with Crippen LogP contribution in [-0.2, 0) is 19.1 Å². The van der Waals surface area contributed by atoms with Crippen LogP contribution in [0.5, 0.6) is 0 Å². The average Bonchev–Trinajstić information content (AvgIpc) is 2.66. The molecule has 0 aromatic rings. The standard InChI is InChI=1S/C23H38N2O4/c1-5-18(6-2)24-19(26)13-29-21(27)20(14(3)4)25-22(28)23-10-15-7-16(11-23)9-17(8-15)12-23/h14-18,20H,5-13H2,1-4H3,(H,24,26)(H,25,28)/t15?,16?,17?,20-,23?/m0/s1. The third-order valence-corrected chi connectivity index (χ3v) is 7.42. The summed E-state index contributed by atoms with van der Waals surface area (Å²) in [5, 5.41) is 5.88. The van der Waals surface area contributed by atoms with Gasteiger partial charge in [-0.15, -0.1) is 0 Å².